The minimum Gasteiger partial charge on any atom is -0.381 e. The van der Waals surface area contributed by atoms with Gasteiger partial charge in [0.2, 0.25) is 0 Å². The van der Waals surface area contributed by atoms with Crippen LogP contribution in [0.25, 0.3) is 0 Å². The van der Waals surface area contributed by atoms with Gasteiger partial charge in [-0.2, -0.15) is 0 Å². The average molecular weight is 320 g/mol. The molecule has 0 aromatic heterocycles. The molecule has 2 aromatic rings. The van der Waals surface area contributed by atoms with Crippen molar-refractivity contribution in [2.45, 2.75) is 25.3 Å². The van der Waals surface area contributed by atoms with Crippen molar-refractivity contribution >= 4 is 21.6 Å². The minimum atomic E-state index is -0.242. The van der Waals surface area contributed by atoms with E-state index in [1.54, 1.807) is 6.07 Å². The van der Waals surface area contributed by atoms with Crippen LogP contribution in [0.1, 0.15) is 29.9 Å². The molecule has 1 aliphatic carbocycles. The van der Waals surface area contributed by atoms with Crippen LogP contribution in [-0.2, 0) is 6.54 Å². The largest absolute Gasteiger partial charge is 0.381 e. The molecule has 1 saturated carbocycles. The van der Waals surface area contributed by atoms with Gasteiger partial charge < -0.3 is 5.32 Å². The summed E-state index contributed by atoms with van der Waals surface area (Å²) >= 11 is 3.15. The lowest BCUT2D eigenvalue weighted by Gasteiger charge is -2.08. The molecular weight excluding hydrogens is 305 g/mol. The molecule has 19 heavy (non-hydrogen) atoms. The normalized spacial score (nSPS) is 14.4. The molecule has 1 nitrogen and oxygen atoms in total. The molecule has 2 aromatic carbocycles. The zero-order valence-electron chi connectivity index (χ0n) is 10.5. The third-order valence-electron chi connectivity index (χ3n) is 3.44. The Balaban J connectivity index is 1.63. The highest BCUT2D eigenvalue weighted by Crippen LogP contribution is 2.39. The van der Waals surface area contributed by atoms with Crippen LogP contribution in [-0.4, -0.2) is 0 Å². The number of nitrogens with one attached hydrogen (secondary N) is 1. The lowest BCUT2D eigenvalue weighted by atomic mass is 10.1. The van der Waals surface area contributed by atoms with E-state index in [0.29, 0.717) is 11.0 Å². The number of anilines is 1. The van der Waals surface area contributed by atoms with E-state index in [0.717, 1.165) is 11.6 Å². The van der Waals surface area contributed by atoms with E-state index in [9.17, 15) is 4.39 Å². The molecule has 98 valence electrons. The fourth-order valence-electron chi connectivity index (χ4n) is 2.13. The van der Waals surface area contributed by atoms with Crippen molar-refractivity contribution in [1.29, 1.82) is 0 Å². The van der Waals surface area contributed by atoms with Gasteiger partial charge in [0.15, 0.2) is 0 Å². The quantitative estimate of drug-likeness (QED) is 0.828. The van der Waals surface area contributed by atoms with Crippen molar-refractivity contribution in [2.75, 3.05) is 5.32 Å². The van der Waals surface area contributed by atoms with Gasteiger partial charge in [-0.1, -0.05) is 24.3 Å². The summed E-state index contributed by atoms with van der Waals surface area (Å²) in [5.41, 5.74) is 3.46. The van der Waals surface area contributed by atoms with E-state index in [1.807, 2.05) is 6.07 Å². The lowest BCUT2D eigenvalue weighted by Crippen LogP contribution is -1.99. The molecule has 0 aliphatic heterocycles. The van der Waals surface area contributed by atoms with E-state index in [-0.39, 0.29) is 5.82 Å². The summed E-state index contributed by atoms with van der Waals surface area (Å²) in [7, 11) is 0. The Morgan fingerprint density at radius 3 is 2.47 bits per heavy atom. The summed E-state index contributed by atoms with van der Waals surface area (Å²) in [6.45, 7) is 0.714. The van der Waals surface area contributed by atoms with E-state index in [4.69, 9.17) is 0 Å². The Bertz CT molecular complexity index is 576. The van der Waals surface area contributed by atoms with Crippen LogP contribution in [0.5, 0.6) is 0 Å². The SMILES string of the molecule is Fc1cc(NCc2ccc(C3CC3)cc2)ccc1Br. The molecule has 0 amide bonds. The first-order valence-electron chi connectivity index (χ1n) is 6.50. The van der Waals surface area contributed by atoms with Crippen LogP contribution < -0.4 is 5.32 Å². The van der Waals surface area contributed by atoms with Gasteiger partial charge in [-0.15, -0.1) is 0 Å². The second-order valence-electron chi connectivity index (χ2n) is 5.00. The molecule has 0 bridgehead atoms. The fraction of sp³-hybridized carbons (Fsp3) is 0.250. The first-order valence-corrected chi connectivity index (χ1v) is 7.29. The molecule has 3 rings (SSSR count). The van der Waals surface area contributed by atoms with Gasteiger partial charge in [0.25, 0.3) is 0 Å². The first-order chi connectivity index (χ1) is 9.22. The molecule has 0 saturated heterocycles. The first kappa shape index (κ1) is 12.7. The summed E-state index contributed by atoms with van der Waals surface area (Å²) in [6.07, 6.45) is 2.66. The van der Waals surface area contributed by atoms with Gasteiger partial charge >= 0.3 is 0 Å². The standard InChI is InChI=1S/C16H15BrFN/c17-15-8-7-14(9-16(15)18)19-10-11-1-3-12(4-2-11)13-5-6-13/h1-4,7-9,13,19H,5-6,10H2. The average Bonchev–Trinajstić information content (AvgIpc) is 3.25. The molecule has 0 spiro atoms. The van der Waals surface area contributed by atoms with Crippen molar-refractivity contribution < 1.29 is 4.39 Å². The molecule has 1 N–H and O–H groups in total. The van der Waals surface area contributed by atoms with Gasteiger partial charge in [0.1, 0.15) is 5.82 Å². The Labute approximate surface area is 121 Å². The molecule has 1 aliphatic rings. The zero-order chi connectivity index (χ0) is 13.2. The maximum atomic E-state index is 13.4. The van der Waals surface area contributed by atoms with Crippen molar-refractivity contribution in [3.8, 4) is 0 Å². The van der Waals surface area contributed by atoms with Gasteiger partial charge in [-0.25, -0.2) is 4.39 Å². The number of benzene rings is 2. The molecule has 0 radical (unpaired) electrons. The summed E-state index contributed by atoms with van der Waals surface area (Å²) < 4.78 is 13.9. The van der Waals surface area contributed by atoms with Gasteiger partial charge in [0, 0.05) is 12.2 Å². The monoisotopic (exact) mass is 319 g/mol. The van der Waals surface area contributed by atoms with Crippen molar-refractivity contribution in [3.05, 3.63) is 63.9 Å². The Hall–Kier alpha value is -1.35. The number of rotatable bonds is 4. The van der Waals surface area contributed by atoms with Crippen molar-refractivity contribution in [3.63, 3.8) is 0 Å². The zero-order valence-corrected chi connectivity index (χ0v) is 12.1. The lowest BCUT2D eigenvalue weighted by molar-refractivity contribution is 0.621. The molecule has 0 unspecified atom stereocenters. The van der Waals surface area contributed by atoms with Crippen LogP contribution in [0.15, 0.2) is 46.9 Å². The van der Waals surface area contributed by atoms with Crippen LogP contribution >= 0.6 is 15.9 Å². The maximum absolute atomic E-state index is 13.4. The topological polar surface area (TPSA) is 12.0 Å². The minimum absolute atomic E-state index is 0.242. The van der Waals surface area contributed by atoms with Crippen molar-refractivity contribution in [2.24, 2.45) is 0 Å². The molecular formula is C16H15BrFN. The summed E-state index contributed by atoms with van der Waals surface area (Å²) in [5, 5.41) is 3.23. The molecule has 3 heteroatoms. The van der Waals surface area contributed by atoms with Crippen LogP contribution in [0, 0.1) is 5.82 Å². The van der Waals surface area contributed by atoms with Crippen molar-refractivity contribution in [1.82, 2.24) is 0 Å². The predicted octanol–water partition coefficient (Wildman–Crippen LogP) is 5.08. The Morgan fingerprint density at radius 2 is 1.84 bits per heavy atom. The molecule has 1 fully saturated rings. The fourth-order valence-corrected chi connectivity index (χ4v) is 2.38. The highest BCUT2D eigenvalue weighted by atomic mass is 79.9. The van der Waals surface area contributed by atoms with Crippen LogP contribution in [0.2, 0.25) is 0 Å². The predicted molar refractivity (Wildman–Crippen MR) is 79.8 cm³/mol. The van der Waals surface area contributed by atoms with E-state index < -0.39 is 0 Å². The van der Waals surface area contributed by atoms with Crippen LogP contribution in [0.3, 0.4) is 0 Å². The summed E-state index contributed by atoms with van der Waals surface area (Å²) in [5.74, 6) is 0.552. The number of halogens is 2. The summed E-state index contributed by atoms with van der Waals surface area (Å²) in [6, 6.07) is 13.8. The maximum Gasteiger partial charge on any atom is 0.139 e. The Morgan fingerprint density at radius 1 is 1.11 bits per heavy atom. The van der Waals surface area contributed by atoms with Crippen LogP contribution in [0.4, 0.5) is 10.1 Å². The highest BCUT2D eigenvalue weighted by molar-refractivity contribution is 9.10. The second-order valence-corrected chi connectivity index (χ2v) is 5.85. The number of hydrogen-bond acceptors (Lipinski definition) is 1. The molecule has 0 atom stereocenters. The highest BCUT2D eigenvalue weighted by Gasteiger charge is 2.22. The van der Waals surface area contributed by atoms with Gasteiger partial charge in [0.05, 0.1) is 4.47 Å². The Kier molecular flexibility index (Phi) is 3.56. The smallest absolute Gasteiger partial charge is 0.139 e. The second kappa shape index (κ2) is 5.33. The van der Waals surface area contributed by atoms with Gasteiger partial charge in [-0.05, 0) is 64.0 Å². The van der Waals surface area contributed by atoms with E-state index in [2.05, 4.69) is 45.5 Å². The third-order valence-corrected chi connectivity index (χ3v) is 4.09. The molecule has 0 heterocycles. The third kappa shape index (κ3) is 3.16. The van der Waals surface area contributed by atoms with E-state index >= 15 is 0 Å². The van der Waals surface area contributed by atoms with E-state index in [1.165, 1.54) is 30.0 Å². The summed E-state index contributed by atoms with van der Waals surface area (Å²) in [4.78, 5) is 0. The van der Waals surface area contributed by atoms with Gasteiger partial charge in [-0.3, -0.25) is 0 Å². The number of hydrogen-bond donors (Lipinski definition) is 1.